The van der Waals surface area contributed by atoms with E-state index in [0.717, 1.165) is 20.4 Å². The summed E-state index contributed by atoms with van der Waals surface area (Å²) in [5.41, 5.74) is 6.90. The highest BCUT2D eigenvalue weighted by molar-refractivity contribution is 9.10. The molecule has 2 nitrogen and oxygen atoms in total. The molecule has 2 N–H and O–H groups in total. The highest BCUT2D eigenvalue weighted by Crippen LogP contribution is 2.35. The lowest BCUT2D eigenvalue weighted by Crippen LogP contribution is -2.03. The molecule has 2 rings (SSSR count). The van der Waals surface area contributed by atoms with Crippen LogP contribution in [0, 0.1) is 0 Å². The van der Waals surface area contributed by atoms with E-state index in [1.54, 1.807) is 18.0 Å². The van der Waals surface area contributed by atoms with Gasteiger partial charge in [-0.05, 0) is 58.7 Å². The van der Waals surface area contributed by atoms with Gasteiger partial charge in [0.1, 0.15) is 5.03 Å². The summed E-state index contributed by atoms with van der Waals surface area (Å²) in [4.78, 5) is 5.56. The quantitative estimate of drug-likeness (QED) is 0.851. The highest BCUT2D eigenvalue weighted by Gasteiger charge is 2.08. The van der Waals surface area contributed by atoms with Gasteiger partial charge in [-0.25, -0.2) is 4.98 Å². The van der Waals surface area contributed by atoms with Crippen molar-refractivity contribution in [2.45, 2.75) is 16.3 Å². The number of nitrogens with two attached hydrogens (primary N) is 1. The molecule has 94 valence electrons. The highest BCUT2D eigenvalue weighted by atomic mass is 79.9. The lowest BCUT2D eigenvalue weighted by molar-refractivity contribution is 0.942. The molecule has 1 aromatic carbocycles. The Morgan fingerprint density at radius 1 is 1.22 bits per heavy atom. The molecule has 5 heteroatoms. The zero-order valence-corrected chi connectivity index (χ0v) is 13.6. The number of halogens is 2. The van der Waals surface area contributed by atoms with Crippen LogP contribution in [0.25, 0.3) is 0 Å². The monoisotopic (exact) mass is 386 g/mol. The molecule has 0 amide bonds. The largest absolute Gasteiger partial charge is 0.330 e. The van der Waals surface area contributed by atoms with E-state index in [9.17, 15) is 0 Å². The first-order valence-electron chi connectivity index (χ1n) is 5.47. The fraction of sp³-hybridized carbons (Fsp3) is 0.154. The molecule has 0 saturated heterocycles. The predicted octanol–water partition coefficient (Wildman–Crippen LogP) is 4.26. The Kier molecular flexibility index (Phi) is 5.24. The fourth-order valence-corrected chi connectivity index (χ4v) is 3.52. The second-order valence-electron chi connectivity index (χ2n) is 3.68. The van der Waals surface area contributed by atoms with E-state index in [0.29, 0.717) is 6.54 Å². The summed E-state index contributed by atoms with van der Waals surface area (Å²) in [7, 11) is 0. The lowest BCUT2D eigenvalue weighted by Gasteiger charge is -2.09. The Morgan fingerprint density at radius 2 is 2.06 bits per heavy atom. The predicted molar refractivity (Wildman–Crippen MR) is 83.0 cm³/mol. The molecule has 0 saturated carbocycles. The normalized spacial score (nSPS) is 10.6. The number of hydrogen-bond donors (Lipinski definition) is 1. The molecule has 0 radical (unpaired) electrons. The van der Waals surface area contributed by atoms with Crippen LogP contribution in [0.3, 0.4) is 0 Å². The summed E-state index contributed by atoms with van der Waals surface area (Å²) in [5, 5.41) is 0.967. The van der Waals surface area contributed by atoms with Crippen molar-refractivity contribution in [2.75, 3.05) is 6.54 Å². The summed E-state index contributed by atoms with van der Waals surface area (Å²) in [6.45, 7) is 0.651. The third kappa shape index (κ3) is 3.57. The second-order valence-corrected chi connectivity index (χ2v) is 6.48. The van der Waals surface area contributed by atoms with Crippen molar-refractivity contribution in [1.29, 1.82) is 0 Å². The van der Waals surface area contributed by atoms with Crippen molar-refractivity contribution < 1.29 is 0 Å². The van der Waals surface area contributed by atoms with Crippen molar-refractivity contribution in [2.24, 2.45) is 5.73 Å². The third-order valence-corrected chi connectivity index (χ3v) is 4.89. The second kappa shape index (κ2) is 6.70. The molecule has 0 bridgehead atoms. The molecule has 0 fully saturated rings. The Bertz CT molecular complexity index is 546. The molecular weight excluding hydrogens is 376 g/mol. The summed E-state index contributed by atoms with van der Waals surface area (Å²) in [6, 6.07) is 10.2. The SMILES string of the molecule is NCCc1ccc(Br)cc1Sc1ncccc1Br. The van der Waals surface area contributed by atoms with Crippen molar-refractivity contribution in [1.82, 2.24) is 4.98 Å². The summed E-state index contributed by atoms with van der Waals surface area (Å²) in [5.74, 6) is 0. The number of hydrogen-bond acceptors (Lipinski definition) is 3. The number of benzene rings is 1. The average molecular weight is 388 g/mol. The molecule has 0 spiro atoms. The van der Waals surface area contributed by atoms with Crippen LogP contribution in [0.1, 0.15) is 5.56 Å². The first kappa shape index (κ1) is 14.1. The summed E-state index contributed by atoms with van der Waals surface area (Å²) in [6.07, 6.45) is 2.67. The molecule has 0 atom stereocenters. The zero-order valence-electron chi connectivity index (χ0n) is 9.57. The van der Waals surface area contributed by atoms with Crippen LogP contribution in [-0.4, -0.2) is 11.5 Å². The van der Waals surface area contributed by atoms with Crippen LogP contribution < -0.4 is 5.73 Å². The van der Waals surface area contributed by atoms with Crippen LogP contribution in [0.4, 0.5) is 0 Å². The minimum absolute atomic E-state index is 0.651. The molecule has 0 unspecified atom stereocenters. The molecule has 1 heterocycles. The Labute approximate surface area is 128 Å². The first-order valence-corrected chi connectivity index (χ1v) is 7.88. The fourth-order valence-electron chi connectivity index (χ4n) is 1.54. The van der Waals surface area contributed by atoms with Gasteiger partial charge >= 0.3 is 0 Å². The van der Waals surface area contributed by atoms with E-state index in [4.69, 9.17) is 5.73 Å². The molecule has 0 aliphatic carbocycles. The third-order valence-electron chi connectivity index (χ3n) is 2.37. The van der Waals surface area contributed by atoms with Crippen molar-refractivity contribution in [3.63, 3.8) is 0 Å². The summed E-state index contributed by atoms with van der Waals surface area (Å²) < 4.78 is 2.08. The van der Waals surface area contributed by atoms with Gasteiger partial charge in [-0.3, -0.25) is 0 Å². The molecule has 0 aliphatic rings. The molecular formula is C13H12Br2N2S. The van der Waals surface area contributed by atoms with Crippen molar-refractivity contribution in [3.8, 4) is 0 Å². The Balaban J connectivity index is 2.33. The van der Waals surface area contributed by atoms with Gasteiger partial charge < -0.3 is 5.73 Å². The number of rotatable bonds is 4. The van der Waals surface area contributed by atoms with Crippen molar-refractivity contribution >= 4 is 43.6 Å². The molecule has 2 aromatic rings. The summed E-state index contributed by atoms with van der Waals surface area (Å²) >= 11 is 8.67. The van der Waals surface area contributed by atoms with Gasteiger partial charge in [0.25, 0.3) is 0 Å². The number of aromatic nitrogens is 1. The van der Waals surface area contributed by atoms with Crippen LogP contribution in [0.5, 0.6) is 0 Å². The van der Waals surface area contributed by atoms with E-state index in [-0.39, 0.29) is 0 Å². The Hall–Kier alpha value is -0.360. The lowest BCUT2D eigenvalue weighted by atomic mass is 10.1. The van der Waals surface area contributed by atoms with E-state index in [1.165, 1.54) is 10.5 Å². The van der Waals surface area contributed by atoms with Gasteiger partial charge in [-0.2, -0.15) is 0 Å². The first-order chi connectivity index (χ1) is 8.70. The minimum atomic E-state index is 0.651. The Morgan fingerprint density at radius 3 is 2.78 bits per heavy atom. The standard InChI is InChI=1S/C13H12Br2N2S/c14-10-4-3-9(5-6-16)12(8-10)18-13-11(15)2-1-7-17-13/h1-4,7-8H,5-6,16H2. The van der Waals surface area contributed by atoms with Crippen LogP contribution in [0.15, 0.2) is 55.4 Å². The van der Waals surface area contributed by atoms with Gasteiger partial charge in [0.2, 0.25) is 0 Å². The van der Waals surface area contributed by atoms with Gasteiger partial charge in [0.15, 0.2) is 0 Å². The van der Waals surface area contributed by atoms with Gasteiger partial charge in [-0.15, -0.1) is 0 Å². The topological polar surface area (TPSA) is 38.9 Å². The van der Waals surface area contributed by atoms with Crippen LogP contribution >= 0.6 is 43.6 Å². The molecule has 0 aliphatic heterocycles. The smallest absolute Gasteiger partial charge is 0.115 e. The maximum absolute atomic E-state index is 5.64. The minimum Gasteiger partial charge on any atom is -0.330 e. The zero-order chi connectivity index (χ0) is 13.0. The van der Waals surface area contributed by atoms with E-state index in [1.807, 2.05) is 18.2 Å². The van der Waals surface area contributed by atoms with Gasteiger partial charge in [0.05, 0.1) is 4.47 Å². The maximum atomic E-state index is 5.64. The van der Waals surface area contributed by atoms with Gasteiger partial charge in [0, 0.05) is 15.6 Å². The van der Waals surface area contributed by atoms with E-state index >= 15 is 0 Å². The van der Waals surface area contributed by atoms with E-state index in [2.05, 4.69) is 49.0 Å². The molecule has 1 aromatic heterocycles. The van der Waals surface area contributed by atoms with Crippen LogP contribution in [-0.2, 0) is 6.42 Å². The number of nitrogens with zero attached hydrogens (tertiary/aromatic N) is 1. The van der Waals surface area contributed by atoms with Crippen LogP contribution in [0.2, 0.25) is 0 Å². The number of pyridine rings is 1. The maximum Gasteiger partial charge on any atom is 0.115 e. The van der Waals surface area contributed by atoms with Gasteiger partial charge in [-0.1, -0.05) is 33.8 Å². The molecule has 18 heavy (non-hydrogen) atoms. The average Bonchev–Trinajstić information content (AvgIpc) is 2.36. The van der Waals surface area contributed by atoms with E-state index < -0.39 is 0 Å². The van der Waals surface area contributed by atoms with Crippen molar-refractivity contribution in [3.05, 3.63) is 51.0 Å².